The molecule has 6 nitrogen and oxygen atoms in total. The quantitative estimate of drug-likeness (QED) is 0.387. The van der Waals surface area contributed by atoms with Crippen LogP contribution in [0.2, 0.25) is 0 Å². The maximum atomic E-state index is 12.5. The number of alkyl halides is 3. The van der Waals surface area contributed by atoms with Crippen LogP contribution in [0.4, 0.5) is 24.8 Å². The first-order valence-electron chi connectivity index (χ1n) is 11.6. The van der Waals surface area contributed by atoms with Gasteiger partial charge in [-0.1, -0.05) is 26.8 Å². The number of ether oxygens (including phenoxy) is 2. The van der Waals surface area contributed by atoms with Crippen LogP contribution in [0.3, 0.4) is 0 Å². The van der Waals surface area contributed by atoms with Gasteiger partial charge >= 0.3 is 12.3 Å². The van der Waals surface area contributed by atoms with E-state index in [1.165, 1.54) is 31.4 Å². The lowest BCUT2D eigenvalue weighted by Crippen LogP contribution is -2.29. The third-order valence-corrected chi connectivity index (χ3v) is 6.40. The van der Waals surface area contributed by atoms with Gasteiger partial charge in [-0.2, -0.15) is 0 Å². The number of nitrogens with one attached hydrogen (secondary N) is 1. The van der Waals surface area contributed by atoms with Crippen LogP contribution in [0.25, 0.3) is 11.0 Å². The van der Waals surface area contributed by atoms with Crippen molar-refractivity contribution >= 4 is 28.6 Å². The minimum absolute atomic E-state index is 0.149. The van der Waals surface area contributed by atoms with E-state index in [0.29, 0.717) is 17.6 Å². The van der Waals surface area contributed by atoms with Gasteiger partial charge in [0.2, 0.25) is 5.95 Å². The molecule has 0 spiro atoms. The predicted octanol–water partition coefficient (Wildman–Crippen LogP) is 6.78. The molecule has 4 rings (SSSR count). The Kier molecular flexibility index (Phi) is 6.71. The normalized spacial score (nSPS) is 20.0. The zero-order valence-corrected chi connectivity index (χ0v) is 20.3. The van der Waals surface area contributed by atoms with Crippen molar-refractivity contribution in [3.63, 3.8) is 0 Å². The number of imidazole rings is 1. The monoisotopic (exact) mass is 489 g/mol. The molecule has 1 fully saturated rings. The van der Waals surface area contributed by atoms with Gasteiger partial charge < -0.3 is 19.4 Å². The molecule has 2 unspecified atom stereocenters. The molecule has 1 aromatic heterocycles. The lowest BCUT2D eigenvalue weighted by atomic mass is 9.70. The average Bonchev–Trinajstić information content (AvgIpc) is 3.09. The van der Waals surface area contributed by atoms with Crippen molar-refractivity contribution in [2.45, 2.75) is 58.9 Å². The van der Waals surface area contributed by atoms with Crippen LogP contribution >= 0.6 is 0 Å². The van der Waals surface area contributed by atoms with Crippen LogP contribution in [0.5, 0.6) is 5.75 Å². The maximum Gasteiger partial charge on any atom is 0.573 e. The van der Waals surface area contributed by atoms with Crippen molar-refractivity contribution in [2.24, 2.45) is 11.3 Å². The number of methoxy groups -OCH3 is 1. The van der Waals surface area contributed by atoms with Crippen LogP contribution in [0, 0.1) is 11.3 Å². The van der Waals surface area contributed by atoms with Crippen LogP contribution in [-0.4, -0.2) is 29.0 Å². The largest absolute Gasteiger partial charge is 0.573 e. The SMILES string of the molecule is COC(=O)Cc1ccc2c(c1)nc(Nc1ccc(OC(F)(F)F)cc1)n2C1CC(C)CC(C)(C)C1. The first kappa shape index (κ1) is 24.9. The molecule has 1 heterocycles. The van der Waals surface area contributed by atoms with Gasteiger partial charge in [0, 0.05) is 11.7 Å². The molecule has 9 heteroatoms. The molecular formula is C26H30F3N3O3. The molecule has 1 aliphatic rings. The second kappa shape index (κ2) is 9.43. The first-order chi connectivity index (χ1) is 16.4. The summed E-state index contributed by atoms with van der Waals surface area (Å²) in [4.78, 5) is 16.6. The van der Waals surface area contributed by atoms with E-state index < -0.39 is 6.36 Å². The van der Waals surface area contributed by atoms with Crippen molar-refractivity contribution in [2.75, 3.05) is 12.4 Å². The minimum Gasteiger partial charge on any atom is -0.469 e. The number of carbonyl (C=O) groups is 1. The molecule has 0 saturated heterocycles. The van der Waals surface area contributed by atoms with Crippen molar-refractivity contribution in [3.8, 4) is 5.75 Å². The highest BCUT2D eigenvalue weighted by atomic mass is 19.4. The second-order valence-electron chi connectivity index (χ2n) is 10.1. The Labute approximate surface area is 202 Å². The van der Waals surface area contributed by atoms with E-state index in [1.54, 1.807) is 0 Å². The van der Waals surface area contributed by atoms with Gasteiger partial charge in [0.1, 0.15) is 5.75 Å². The van der Waals surface area contributed by atoms with Crippen molar-refractivity contribution in [1.82, 2.24) is 9.55 Å². The summed E-state index contributed by atoms with van der Waals surface area (Å²) in [6.07, 6.45) is -1.49. The molecule has 2 aromatic carbocycles. The molecular weight excluding hydrogens is 459 g/mol. The summed E-state index contributed by atoms with van der Waals surface area (Å²) >= 11 is 0. The van der Waals surface area contributed by atoms with E-state index in [0.717, 1.165) is 35.9 Å². The van der Waals surface area contributed by atoms with Gasteiger partial charge in [0.25, 0.3) is 0 Å². The van der Waals surface area contributed by atoms with Gasteiger partial charge in [-0.3, -0.25) is 4.79 Å². The summed E-state index contributed by atoms with van der Waals surface area (Å²) in [5.74, 6) is 0.527. The summed E-state index contributed by atoms with van der Waals surface area (Å²) in [7, 11) is 1.36. The number of anilines is 2. The highest BCUT2D eigenvalue weighted by molar-refractivity contribution is 5.82. The van der Waals surface area contributed by atoms with Crippen molar-refractivity contribution in [3.05, 3.63) is 48.0 Å². The van der Waals surface area contributed by atoms with Gasteiger partial charge in [-0.05, 0) is 72.6 Å². The van der Waals surface area contributed by atoms with E-state index >= 15 is 0 Å². The number of fused-ring (bicyclic) bond motifs is 1. The van der Waals surface area contributed by atoms with Crippen LogP contribution in [0.1, 0.15) is 51.6 Å². The summed E-state index contributed by atoms with van der Waals surface area (Å²) in [6.45, 7) is 6.80. The molecule has 2 atom stereocenters. The molecule has 0 aliphatic heterocycles. The fraction of sp³-hybridized carbons (Fsp3) is 0.462. The number of hydrogen-bond acceptors (Lipinski definition) is 5. The summed E-state index contributed by atoms with van der Waals surface area (Å²) in [5.41, 5.74) is 3.23. The summed E-state index contributed by atoms with van der Waals surface area (Å²) in [6, 6.07) is 11.5. The van der Waals surface area contributed by atoms with Crippen LogP contribution in [-0.2, 0) is 16.0 Å². The molecule has 0 bridgehead atoms. The zero-order valence-electron chi connectivity index (χ0n) is 20.3. The fourth-order valence-electron chi connectivity index (χ4n) is 5.31. The molecule has 3 aromatic rings. The highest BCUT2D eigenvalue weighted by Gasteiger charge is 2.35. The standard InChI is InChI=1S/C26H30F3N3O3/c1-16-11-19(15-25(2,3)14-16)32-22-10-5-17(13-23(33)34-4)12-21(22)31-24(32)30-18-6-8-20(9-7-18)35-26(27,28)29/h5-10,12,16,19H,11,13-15H2,1-4H3,(H,30,31). The van der Waals surface area contributed by atoms with E-state index in [4.69, 9.17) is 9.72 Å². The third-order valence-electron chi connectivity index (χ3n) is 6.40. The molecule has 1 aliphatic carbocycles. The summed E-state index contributed by atoms with van der Waals surface area (Å²) in [5, 5.41) is 3.29. The number of carbonyl (C=O) groups excluding carboxylic acids is 1. The molecule has 1 saturated carbocycles. The minimum atomic E-state index is -4.74. The van der Waals surface area contributed by atoms with Crippen molar-refractivity contribution in [1.29, 1.82) is 0 Å². The van der Waals surface area contributed by atoms with E-state index in [9.17, 15) is 18.0 Å². The number of hydrogen-bond donors (Lipinski definition) is 1. The third kappa shape index (κ3) is 6.07. The number of halogens is 3. The molecule has 0 radical (unpaired) electrons. The Morgan fingerprint density at radius 1 is 1.17 bits per heavy atom. The summed E-state index contributed by atoms with van der Waals surface area (Å²) < 4.78 is 48.5. The first-order valence-corrected chi connectivity index (χ1v) is 11.6. The molecule has 0 amide bonds. The smallest absolute Gasteiger partial charge is 0.469 e. The predicted molar refractivity (Wildman–Crippen MR) is 128 cm³/mol. The van der Waals surface area contributed by atoms with E-state index in [-0.39, 0.29) is 29.6 Å². The fourth-order valence-corrected chi connectivity index (χ4v) is 5.31. The number of nitrogens with zero attached hydrogens (tertiary/aromatic N) is 2. The van der Waals surface area contributed by atoms with Gasteiger partial charge in [-0.15, -0.1) is 13.2 Å². The number of rotatable bonds is 6. The Morgan fingerprint density at radius 3 is 2.51 bits per heavy atom. The second-order valence-corrected chi connectivity index (χ2v) is 10.1. The Bertz CT molecular complexity index is 1200. The van der Waals surface area contributed by atoms with Gasteiger partial charge in [0.05, 0.1) is 24.6 Å². The van der Waals surface area contributed by atoms with Crippen molar-refractivity contribution < 1.29 is 27.4 Å². The van der Waals surface area contributed by atoms with Gasteiger partial charge in [-0.25, -0.2) is 4.98 Å². The Hall–Kier alpha value is -3.23. The highest BCUT2D eigenvalue weighted by Crippen LogP contribution is 2.46. The van der Waals surface area contributed by atoms with Crippen LogP contribution in [0.15, 0.2) is 42.5 Å². The number of aromatic nitrogens is 2. The van der Waals surface area contributed by atoms with E-state index in [1.807, 2.05) is 18.2 Å². The Balaban J connectivity index is 1.71. The topological polar surface area (TPSA) is 65.4 Å². The maximum absolute atomic E-state index is 12.5. The molecule has 188 valence electrons. The lowest BCUT2D eigenvalue weighted by molar-refractivity contribution is -0.274. The average molecular weight is 490 g/mol. The zero-order chi connectivity index (χ0) is 25.4. The Morgan fingerprint density at radius 2 is 1.89 bits per heavy atom. The number of benzene rings is 2. The number of esters is 1. The van der Waals surface area contributed by atoms with E-state index in [2.05, 4.69) is 35.4 Å². The molecule has 1 N–H and O–H groups in total. The van der Waals surface area contributed by atoms with Gasteiger partial charge in [0.15, 0.2) is 0 Å². The lowest BCUT2D eigenvalue weighted by Gasteiger charge is -2.40. The molecule has 35 heavy (non-hydrogen) atoms. The van der Waals surface area contributed by atoms with Crippen LogP contribution < -0.4 is 10.1 Å².